The third-order valence-corrected chi connectivity index (χ3v) is 2.83. The van der Waals surface area contributed by atoms with Crippen molar-refractivity contribution in [3.8, 4) is 0 Å². The summed E-state index contributed by atoms with van der Waals surface area (Å²) < 4.78 is 0. The second kappa shape index (κ2) is 2.54. The molecule has 2 fully saturated rings. The molecule has 0 heterocycles. The summed E-state index contributed by atoms with van der Waals surface area (Å²) in [5, 5.41) is 0. The summed E-state index contributed by atoms with van der Waals surface area (Å²) in [6, 6.07) is 0.556. The average Bonchev–Trinajstić information content (AvgIpc) is 2.76. The second-order valence-corrected chi connectivity index (χ2v) is 4.02. The van der Waals surface area contributed by atoms with Crippen LogP contribution in [0.5, 0.6) is 0 Å². The van der Waals surface area contributed by atoms with E-state index in [4.69, 9.17) is 5.73 Å². The zero-order valence-corrected chi connectivity index (χ0v) is 6.55. The zero-order valence-electron chi connectivity index (χ0n) is 6.55. The van der Waals surface area contributed by atoms with E-state index < -0.39 is 0 Å². The van der Waals surface area contributed by atoms with E-state index in [9.17, 15) is 0 Å². The van der Waals surface area contributed by atoms with Crippen molar-refractivity contribution in [2.75, 3.05) is 0 Å². The lowest BCUT2D eigenvalue weighted by Gasteiger charge is -2.07. The van der Waals surface area contributed by atoms with E-state index in [2.05, 4.69) is 0 Å². The minimum atomic E-state index is 0.556. The first-order valence-corrected chi connectivity index (χ1v) is 4.62. The highest BCUT2D eigenvalue weighted by Gasteiger charge is 2.30. The molecule has 2 saturated carbocycles. The van der Waals surface area contributed by atoms with Gasteiger partial charge in [0.1, 0.15) is 0 Å². The van der Waals surface area contributed by atoms with Gasteiger partial charge in [0.15, 0.2) is 0 Å². The predicted octanol–water partition coefficient (Wildman–Crippen LogP) is 1.91. The van der Waals surface area contributed by atoms with Crippen molar-refractivity contribution in [3.63, 3.8) is 0 Å². The van der Waals surface area contributed by atoms with Gasteiger partial charge >= 0.3 is 0 Å². The molecule has 0 aromatic carbocycles. The van der Waals surface area contributed by atoms with E-state index in [1.165, 1.54) is 38.5 Å². The van der Waals surface area contributed by atoms with Gasteiger partial charge in [-0.1, -0.05) is 12.8 Å². The van der Waals surface area contributed by atoms with Gasteiger partial charge in [0.2, 0.25) is 0 Å². The SMILES string of the molecule is NC(CCC1CC1)C1CC1. The molecule has 1 unspecified atom stereocenters. The second-order valence-electron chi connectivity index (χ2n) is 4.02. The van der Waals surface area contributed by atoms with Crippen molar-refractivity contribution in [2.24, 2.45) is 17.6 Å². The first kappa shape index (κ1) is 6.66. The van der Waals surface area contributed by atoms with Gasteiger partial charge < -0.3 is 5.73 Å². The minimum Gasteiger partial charge on any atom is -0.327 e. The van der Waals surface area contributed by atoms with Gasteiger partial charge in [0.05, 0.1) is 0 Å². The lowest BCUT2D eigenvalue weighted by molar-refractivity contribution is 0.508. The minimum absolute atomic E-state index is 0.556. The van der Waals surface area contributed by atoms with Gasteiger partial charge in [0.25, 0.3) is 0 Å². The Bertz CT molecular complexity index is 114. The van der Waals surface area contributed by atoms with Crippen LogP contribution < -0.4 is 5.73 Å². The van der Waals surface area contributed by atoms with Gasteiger partial charge in [-0.3, -0.25) is 0 Å². The van der Waals surface area contributed by atoms with Crippen LogP contribution in [0, 0.1) is 11.8 Å². The van der Waals surface area contributed by atoms with Crippen LogP contribution in [-0.4, -0.2) is 6.04 Å². The van der Waals surface area contributed by atoms with Crippen LogP contribution in [0.4, 0.5) is 0 Å². The van der Waals surface area contributed by atoms with Crippen LogP contribution in [0.1, 0.15) is 38.5 Å². The van der Waals surface area contributed by atoms with Gasteiger partial charge in [-0.15, -0.1) is 0 Å². The molecule has 0 spiro atoms. The molecule has 2 aliphatic carbocycles. The Morgan fingerprint density at radius 2 is 1.90 bits per heavy atom. The maximum Gasteiger partial charge on any atom is 0.00672 e. The summed E-state index contributed by atoms with van der Waals surface area (Å²) in [7, 11) is 0. The van der Waals surface area contributed by atoms with E-state index in [1.807, 2.05) is 0 Å². The molecular weight excluding hydrogens is 122 g/mol. The summed E-state index contributed by atoms with van der Waals surface area (Å²) in [5.74, 6) is 1.99. The molecule has 0 bridgehead atoms. The molecule has 0 amide bonds. The molecule has 0 saturated heterocycles. The summed E-state index contributed by atoms with van der Waals surface area (Å²) in [5.41, 5.74) is 5.96. The highest BCUT2D eigenvalue weighted by Crippen LogP contribution is 2.38. The number of hydrogen-bond donors (Lipinski definition) is 1. The van der Waals surface area contributed by atoms with Gasteiger partial charge in [-0.25, -0.2) is 0 Å². The number of rotatable bonds is 4. The summed E-state index contributed by atoms with van der Waals surface area (Å²) in [6.07, 6.45) is 8.50. The molecule has 0 aromatic heterocycles. The van der Waals surface area contributed by atoms with Crippen LogP contribution in [0.3, 0.4) is 0 Å². The van der Waals surface area contributed by atoms with Gasteiger partial charge in [-0.05, 0) is 37.5 Å². The molecule has 0 radical (unpaired) electrons. The van der Waals surface area contributed by atoms with Crippen LogP contribution in [0.15, 0.2) is 0 Å². The monoisotopic (exact) mass is 139 g/mol. The standard InChI is InChI=1S/C9H17N/c10-9(8-4-5-8)6-3-7-1-2-7/h7-9H,1-6,10H2. The lowest BCUT2D eigenvalue weighted by Crippen LogP contribution is -2.22. The van der Waals surface area contributed by atoms with E-state index in [0.717, 1.165) is 11.8 Å². The van der Waals surface area contributed by atoms with Gasteiger partial charge in [0, 0.05) is 6.04 Å². The maximum absolute atomic E-state index is 5.96. The summed E-state index contributed by atoms with van der Waals surface area (Å²) >= 11 is 0. The average molecular weight is 139 g/mol. The van der Waals surface area contributed by atoms with Crippen molar-refractivity contribution >= 4 is 0 Å². The molecule has 0 aliphatic heterocycles. The Morgan fingerprint density at radius 3 is 2.40 bits per heavy atom. The Balaban J connectivity index is 1.58. The van der Waals surface area contributed by atoms with E-state index >= 15 is 0 Å². The Labute approximate surface area is 63.0 Å². The molecule has 1 atom stereocenters. The van der Waals surface area contributed by atoms with Crippen molar-refractivity contribution in [1.82, 2.24) is 0 Å². The quantitative estimate of drug-likeness (QED) is 0.632. The molecule has 2 rings (SSSR count). The van der Waals surface area contributed by atoms with Crippen LogP contribution in [0.25, 0.3) is 0 Å². The van der Waals surface area contributed by atoms with E-state index in [-0.39, 0.29) is 0 Å². The third-order valence-electron chi connectivity index (χ3n) is 2.83. The molecule has 2 N–H and O–H groups in total. The third kappa shape index (κ3) is 1.72. The molecular formula is C9H17N. The Kier molecular flexibility index (Phi) is 1.69. The summed E-state index contributed by atoms with van der Waals surface area (Å²) in [6.45, 7) is 0. The van der Waals surface area contributed by atoms with Crippen molar-refractivity contribution < 1.29 is 0 Å². The summed E-state index contributed by atoms with van der Waals surface area (Å²) in [4.78, 5) is 0. The highest BCUT2D eigenvalue weighted by atomic mass is 14.7. The number of nitrogens with two attached hydrogens (primary N) is 1. The fraction of sp³-hybridized carbons (Fsp3) is 1.00. The van der Waals surface area contributed by atoms with Crippen LogP contribution in [0.2, 0.25) is 0 Å². The molecule has 10 heavy (non-hydrogen) atoms. The highest BCUT2D eigenvalue weighted by molar-refractivity contribution is 4.85. The molecule has 2 aliphatic rings. The van der Waals surface area contributed by atoms with Crippen molar-refractivity contribution in [1.29, 1.82) is 0 Å². The molecule has 0 aromatic rings. The fourth-order valence-electron chi connectivity index (χ4n) is 1.59. The fourth-order valence-corrected chi connectivity index (χ4v) is 1.59. The lowest BCUT2D eigenvalue weighted by atomic mass is 10.1. The molecule has 58 valence electrons. The van der Waals surface area contributed by atoms with Crippen LogP contribution >= 0.6 is 0 Å². The van der Waals surface area contributed by atoms with Crippen LogP contribution in [-0.2, 0) is 0 Å². The smallest absolute Gasteiger partial charge is 0.00672 e. The first-order valence-electron chi connectivity index (χ1n) is 4.62. The normalized spacial score (nSPS) is 28.5. The maximum atomic E-state index is 5.96. The Morgan fingerprint density at radius 1 is 1.20 bits per heavy atom. The zero-order chi connectivity index (χ0) is 6.97. The Hall–Kier alpha value is -0.0400. The molecule has 1 heteroatoms. The number of hydrogen-bond acceptors (Lipinski definition) is 1. The largest absolute Gasteiger partial charge is 0.327 e. The van der Waals surface area contributed by atoms with Crippen molar-refractivity contribution in [3.05, 3.63) is 0 Å². The molecule has 1 nitrogen and oxygen atoms in total. The van der Waals surface area contributed by atoms with E-state index in [1.54, 1.807) is 0 Å². The predicted molar refractivity (Wildman–Crippen MR) is 42.7 cm³/mol. The van der Waals surface area contributed by atoms with Gasteiger partial charge in [-0.2, -0.15) is 0 Å². The topological polar surface area (TPSA) is 26.0 Å². The van der Waals surface area contributed by atoms with E-state index in [0.29, 0.717) is 6.04 Å². The first-order chi connectivity index (χ1) is 4.86. The van der Waals surface area contributed by atoms with Crippen molar-refractivity contribution in [2.45, 2.75) is 44.6 Å².